The second kappa shape index (κ2) is 7.87. The Morgan fingerprint density at radius 1 is 1.11 bits per heavy atom. The van der Waals surface area contributed by atoms with E-state index < -0.39 is 0 Å². The summed E-state index contributed by atoms with van der Waals surface area (Å²) in [5, 5.41) is 15.3. The fourth-order valence-electron chi connectivity index (χ4n) is 1.70. The van der Waals surface area contributed by atoms with Gasteiger partial charge in [-0.25, -0.2) is 9.97 Å². The lowest BCUT2D eigenvalue weighted by atomic mass is 10.2. The van der Waals surface area contributed by atoms with Crippen molar-refractivity contribution in [2.24, 2.45) is 0 Å². The van der Waals surface area contributed by atoms with E-state index in [-0.39, 0.29) is 6.61 Å². The van der Waals surface area contributed by atoms with E-state index in [1.54, 1.807) is 0 Å². The number of nitrogens with one attached hydrogen (secondary N) is 2. The number of aliphatic hydroxyl groups is 1. The molecule has 0 aliphatic heterocycles. The zero-order chi connectivity index (χ0) is 13.4. The number of aryl methyl sites for hydroxylation is 1. The fraction of sp³-hybridized carbons (Fsp3) is 0.692. The Hall–Kier alpha value is -1.36. The van der Waals surface area contributed by atoms with E-state index in [2.05, 4.69) is 34.4 Å². The molecule has 0 fully saturated rings. The second-order valence-corrected chi connectivity index (χ2v) is 4.25. The molecule has 5 nitrogen and oxygen atoms in total. The molecule has 0 unspecified atom stereocenters. The summed E-state index contributed by atoms with van der Waals surface area (Å²) in [5.74, 6) is 2.64. The summed E-state index contributed by atoms with van der Waals surface area (Å²) in [7, 11) is 0. The summed E-state index contributed by atoms with van der Waals surface area (Å²) in [4.78, 5) is 9.06. The fourth-order valence-corrected chi connectivity index (χ4v) is 1.70. The Labute approximate surface area is 109 Å². The number of hydrogen-bond acceptors (Lipinski definition) is 5. The largest absolute Gasteiger partial charge is 0.396 e. The van der Waals surface area contributed by atoms with Gasteiger partial charge in [0.2, 0.25) is 0 Å². The number of rotatable bonds is 8. The summed E-state index contributed by atoms with van der Waals surface area (Å²) < 4.78 is 0. The van der Waals surface area contributed by atoms with Crippen molar-refractivity contribution in [3.05, 3.63) is 11.4 Å². The molecule has 0 saturated heterocycles. The zero-order valence-electron chi connectivity index (χ0n) is 11.6. The van der Waals surface area contributed by atoms with Gasteiger partial charge < -0.3 is 15.7 Å². The molecule has 0 spiro atoms. The topological polar surface area (TPSA) is 70.1 Å². The Morgan fingerprint density at radius 2 is 1.78 bits per heavy atom. The summed E-state index contributed by atoms with van der Waals surface area (Å²) in [6.45, 7) is 7.95. The van der Waals surface area contributed by atoms with Gasteiger partial charge in [0.15, 0.2) is 0 Å². The highest BCUT2D eigenvalue weighted by molar-refractivity contribution is 5.57. The molecular formula is C13H24N4O. The van der Waals surface area contributed by atoms with Crippen molar-refractivity contribution in [2.75, 3.05) is 30.3 Å². The number of anilines is 2. The van der Waals surface area contributed by atoms with Crippen LogP contribution < -0.4 is 10.6 Å². The molecular weight excluding hydrogens is 228 g/mol. The average Bonchev–Trinajstić information content (AvgIpc) is 2.35. The summed E-state index contributed by atoms with van der Waals surface area (Å²) >= 11 is 0. The lowest BCUT2D eigenvalue weighted by Gasteiger charge is -2.14. The third-order valence-electron chi connectivity index (χ3n) is 2.64. The van der Waals surface area contributed by atoms with Crippen LogP contribution in [0.25, 0.3) is 0 Å². The maximum absolute atomic E-state index is 8.81. The SMILES string of the molecule is CCCc1nc(NCC)c(C)c(NCCCO)n1. The third-order valence-corrected chi connectivity index (χ3v) is 2.64. The van der Waals surface area contributed by atoms with Crippen molar-refractivity contribution in [3.8, 4) is 0 Å². The first-order valence-electron chi connectivity index (χ1n) is 6.69. The highest BCUT2D eigenvalue weighted by Gasteiger charge is 2.09. The van der Waals surface area contributed by atoms with E-state index in [0.29, 0.717) is 0 Å². The maximum atomic E-state index is 8.81. The van der Waals surface area contributed by atoms with Crippen LogP contribution in [0.1, 0.15) is 38.1 Å². The zero-order valence-corrected chi connectivity index (χ0v) is 11.6. The quantitative estimate of drug-likeness (QED) is 0.617. The van der Waals surface area contributed by atoms with Gasteiger partial charge in [0.1, 0.15) is 17.5 Å². The molecule has 0 saturated carbocycles. The van der Waals surface area contributed by atoms with Crippen LogP contribution in [0, 0.1) is 6.92 Å². The van der Waals surface area contributed by atoms with E-state index in [0.717, 1.165) is 55.4 Å². The number of aliphatic hydroxyl groups excluding tert-OH is 1. The van der Waals surface area contributed by atoms with Gasteiger partial charge in [-0.15, -0.1) is 0 Å². The summed E-state index contributed by atoms with van der Waals surface area (Å²) in [6.07, 6.45) is 2.64. The molecule has 1 aromatic rings. The van der Waals surface area contributed by atoms with Crippen LogP contribution >= 0.6 is 0 Å². The van der Waals surface area contributed by atoms with Crippen LogP contribution in [-0.2, 0) is 6.42 Å². The first kappa shape index (κ1) is 14.7. The lowest BCUT2D eigenvalue weighted by molar-refractivity contribution is 0.292. The normalized spacial score (nSPS) is 10.4. The summed E-state index contributed by atoms with van der Waals surface area (Å²) in [5.41, 5.74) is 1.04. The van der Waals surface area contributed by atoms with Gasteiger partial charge in [0.05, 0.1) is 0 Å². The molecule has 0 aliphatic carbocycles. The van der Waals surface area contributed by atoms with Gasteiger partial charge in [0.25, 0.3) is 0 Å². The van der Waals surface area contributed by atoms with Gasteiger partial charge in [-0.3, -0.25) is 0 Å². The predicted octanol–water partition coefficient (Wildman–Crippen LogP) is 1.96. The highest BCUT2D eigenvalue weighted by atomic mass is 16.3. The van der Waals surface area contributed by atoms with Crippen molar-refractivity contribution in [1.29, 1.82) is 0 Å². The maximum Gasteiger partial charge on any atom is 0.134 e. The van der Waals surface area contributed by atoms with E-state index in [1.165, 1.54) is 0 Å². The van der Waals surface area contributed by atoms with Crippen LogP contribution in [0.15, 0.2) is 0 Å². The Kier molecular flexibility index (Phi) is 6.43. The molecule has 0 atom stereocenters. The monoisotopic (exact) mass is 252 g/mol. The molecule has 0 bridgehead atoms. The molecule has 1 rings (SSSR count). The number of aromatic nitrogens is 2. The standard InChI is InChI=1S/C13H24N4O/c1-4-7-11-16-12(14-5-2)10(3)13(17-11)15-8-6-9-18/h18H,4-9H2,1-3H3,(H2,14,15,16,17). The minimum absolute atomic E-state index is 0.193. The second-order valence-electron chi connectivity index (χ2n) is 4.25. The van der Waals surface area contributed by atoms with Crippen molar-refractivity contribution < 1.29 is 5.11 Å². The van der Waals surface area contributed by atoms with Crippen LogP contribution in [-0.4, -0.2) is 34.8 Å². The Balaban J connectivity index is 2.90. The van der Waals surface area contributed by atoms with Crippen LogP contribution in [0.5, 0.6) is 0 Å². The van der Waals surface area contributed by atoms with Gasteiger partial charge in [-0.05, 0) is 26.7 Å². The molecule has 1 heterocycles. The Morgan fingerprint density at radius 3 is 2.33 bits per heavy atom. The van der Waals surface area contributed by atoms with Gasteiger partial charge in [-0.1, -0.05) is 6.92 Å². The first-order valence-corrected chi connectivity index (χ1v) is 6.69. The van der Waals surface area contributed by atoms with E-state index in [9.17, 15) is 0 Å². The first-order chi connectivity index (χ1) is 8.72. The van der Waals surface area contributed by atoms with Gasteiger partial charge in [0, 0.05) is 31.7 Å². The van der Waals surface area contributed by atoms with Crippen molar-refractivity contribution in [3.63, 3.8) is 0 Å². The van der Waals surface area contributed by atoms with Crippen LogP contribution in [0.4, 0.5) is 11.6 Å². The average molecular weight is 252 g/mol. The van der Waals surface area contributed by atoms with Gasteiger partial charge >= 0.3 is 0 Å². The molecule has 5 heteroatoms. The van der Waals surface area contributed by atoms with Gasteiger partial charge in [-0.2, -0.15) is 0 Å². The molecule has 0 aliphatic rings. The van der Waals surface area contributed by atoms with Crippen molar-refractivity contribution in [1.82, 2.24) is 9.97 Å². The van der Waals surface area contributed by atoms with Crippen LogP contribution in [0.2, 0.25) is 0 Å². The molecule has 0 aromatic carbocycles. The minimum Gasteiger partial charge on any atom is -0.396 e. The minimum atomic E-state index is 0.193. The van der Waals surface area contributed by atoms with Crippen molar-refractivity contribution in [2.45, 2.75) is 40.0 Å². The smallest absolute Gasteiger partial charge is 0.134 e. The molecule has 102 valence electrons. The van der Waals surface area contributed by atoms with Crippen molar-refractivity contribution >= 4 is 11.6 Å². The van der Waals surface area contributed by atoms with E-state index in [4.69, 9.17) is 5.11 Å². The third kappa shape index (κ3) is 4.14. The molecule has 0 amide bonds. The number of nitrogens with zero attached hydrogens (tertiary/aromatic N) is 2. The molecule has 18 heavy (non-hydrogen) atoms. The number of hydrogen-bond donors (Lipinski definition) is 3. The summed E-state index contributed by atoms with van der Waals surface area (Å²) in [6, 6.07) is 0. The van der Waals surface area contributed by atoms with E-state index in [1.807, 2.05) is 6.92 Å². The lowest BCUT2D eigenvalue weighted by Crippen LogP contribution is -2.12. The predicted molar refractivity (Wildman–Crippen MR) is 75.1 cm³/mol. The van der Waals surface area contributed by atoms with E-state index >= 15 is 0 Å². The highest BCUT2D eigenvalue weighted by Crippen LogP contribution is 2.20. The molecule has 3 N–H and O–H groups in total. The molecule has 1 aromatic heterocycles. The van der Waals surface area contributed by atoms with Crippen LogP contribution in [0.3, 0.4) is 0 Å². The molecule has 0 radical (unpaired) electrons. The Bertz CT molecular complexity index is 368.